The van der Waals surface area contributed by atoms with Crippen LogP contribution < -0.4 is 5.32 Å². The molecule has 0 aliphatic carbocycles. The van der Waals surface area contributed by atoms with Crippen molar-refractivity contribution in [1.82, 2.24) is 9.88 Å². The average Bonchev–Trinajstić information content (AvgIpc) is 2.60. The summed E-state index contributed by atoms with van der Waals surface area (Å²) in [5.41, 5.74) is 0.775. The van der Waals surface area contributed by atoms with Crippen molar-refractivity contribution < 1.29 is 9.90 Å². The molecule has 1 aromatic rings. The predicted molar refractivity (Wildman–Crippen MR) is 78.8 cm³/mol. The lowest BCUT2D eigenvalue weighted by atomic mass is 9.98. The van der Waals surface area contributed by atoms with E-state index in [0.29, 0.717) is 25.1 Å². The molecular weight excluding hydrogens is 254 g/mol. The van der Waals surface area contributed by atoms with Gasteiger partial charge in [0.05, 0.1) is 23.0 Å². The van der Waals surface area contributed by atoms with Crippen LogP contribution in [0.15, 0.2) is 18.5 Å². The molecular formula is C15H23N3O2. The fourth-order valence-corrected chi connectivity index (χ4v) is 2.55. The molecule has 0 spiro atoms. The molecule has 0 bridgehead atoms. The molecule has 2 heterocycles. The number of carbonyl (C=O) groups is 1. The van der Waals surface area contributed by atoms with E-state index in [9.17, 15) is 9.90 Å². The van der Waals surface area contributed by atoms with Crippen LogP contribution in [0.3, 0.4) is 0 Å². The molecule has 0 saturated carbocycles. The second kappa shape index (κ2) is 6.22. The van der Waals surface area contributed by atoms with E-state index >= 15 is 0 Å². The molecule has 0 aromatic carbocycles. The molecule has 1 atom stereocenters. The Morgan fingerprint density at radius 1 is 1.50 bits per heavy atom. The van der Waals surface area contributed by atoms with E-state index < -0.39 is 5.60 Å². The van der Waals surface area contributed by atoms with E-state index in [2.05, 4.69) is 10.3 Å². The average molecular weight is 277 g/mol. The number of nitrogens with one attached hydrogen (secondary N) is 1. The van der Waals surface area contributed by atoms with Gasteiger partial charge in [-0.15, -0.1) is 0 Å². The molecule has 110 valence electrons. The Morgan fingerprint density at radius 2 is 2.30 bits per heavy atom. The Morgan fingerprint density at radius 3 is 3.05 bits per heavy atom. The minimum atomic E-state index is -0.655. The van der Waals surface area contributed by atoms with Gasteiger partial charge in [0.2, 0.25) is 0 Å². The van der Waals surface area contributed by atoms with Crippen molar-refractivity contribution in [3.63, 3.8) is 0 Å². The highest BCUT2D eigenvalue weighted by atomic mass is 16.3. The van der Waals surface area contributed by atoms with Crippen molar-refractivity contribution in [3.8, 4) is 0 Å². The van der Waals surface area contributed by atoms with Crippen LogP contribution in [0.2, 0.25) is 0 Å². The van der Waals surface area contributed by atoms with Crippen molar-refractivity contribution in [2.75, 3.05) is 25.0 Å². The molecule has 1 aliphatic heterocycles. The molecule has 1 saturated heterocycles. The lowest BCUT2D eigenvalue weighted by Crippen LogP contribution is -2.34. The minimum Gasteiger partial charge on any atom is -0.390 e. The normalized spacial score (nSPS) is 23.2. The molecule has 2 N–H and O–H groups in total. The second-order valence-corrected chi connectivity index (χ2v) is 5.59. The van der Waals surface area contributed by atoms with Crippen molar-refractivity contribution in [2.45, 2.75) is 38.7 Å². The van der Waals surface area contributed by atoms with Gasteiger partial charge < -0.3 is 15.3 Å². The van der Waals surface area contributed by atoms with Crippen LogP contribution in [0, 0.1) is 0 Å². The third kappa shape index (κ3) is 3.48. The molecule has 5 nitrogen and oxygen atoms in total. The van der Waals surface area contributed by atoms with Gasteiger partial charge in [-0.3, -0.25) is 9.78 Å². The van der Waals surface area contributed by atoms with Gasteiger partial charge in [0, 0.05) is 25.8 Å². The van der Waals surface area contributed by atoms with Crippen LogP contribution in [0.1, 0.15) is 43.5 Å². The molecule has 1 aliphatic rings. The Labute approximate surface area is 120 Å². The topological polar surface area (TPSA) is 65.5 Å². The van der Waals surface area contributed by atoms with Gasteiger partial charge in [0.15, 0.2) is 0 Å². The molecule has 1 amide bonds. The number of hydrogen-bond acceptors (Lipinski definition) is 4. The maximum Gasteiger partial charge on any atom is 0.256 e. The number of amides is 1. The van der Waals surface area contributed by atoms with Crippen molar-refractivity contribution in [3.05, 3.63) is 24.0 Å². The number of hydrogen-bond donors (Lipinski definition) is 2. The lowest BCUT2D eigenvalue weighted by molar-refractivity contribution is 0.0438. The first kappa shape index (κ1) is 14.8. The summed E-state index contributed by atoms with van der Waals surface area (Å²) < 4.78 is 0. The fraction of sp³-hybridized carbons (Fsp3) is 0.600. The largest absolute Gasteiger partial charge is 0.390 e. The number of aromatic nitrogens is 1. The third-order valence-electron chi connectivity index (χ3n) is 3.77. The summed E-state index contributed by atoms with van der Waals surface area (Å²) in [6.45, 7) is 5.88. The number of carbonyl (C=O) groups excluding carboxylic acids is 1. The summed E-state index contributed by atoms with van der Waals surface area (Å²) in [5, 5.41) is 13.3. The van der Waals surface area contributed by atoms with Crippen LogP contribution in [0.5, 0.6) is 0 Å². The highest BCUT2D eigenvalue weighted by molar-refractivity contribution is 5.99. The first-order chi connectivity index (χ1) is 9.53. The van der Waals surface area contributed by atoms with Crippen LogP contribution in [-0.4, -0.2) is 46.1 Å². The quantitative estimate of drug-likeness (QED) is 0.885. The van der Waals surface area contributed by atoms with Gasteiger partial charge in [0.25, 0.3) is 5.91 Å². The molecule has 1 unspecified atom stereocenters. The monoisotopic (exact) mass is 277 g/mol. The molecule has 0 radical (unpaired) electrons. The van der Waals surface area contributed by atoms with Gasteiger partial charge in [-0.25, -0.2) is 0 Å². The summed E-state index contributed by atoms with van der Waals surface area (Å²) in [6.07, 6.45) is 5.53. The van der Waals surface area contributed by atoms with E-state index in [4.69, 9.17) is 0 Å². The summed E-state index contributed by atoms with van der Waals surface area (Å²) in [6, 6.07) is 1.75. The fourth-order valence-electron chi connectivity index (χ4n) is 2.55. The minimum absolute atomic E-state index is 0.0149. The summed E-state index contributed by atoms with van der Waals surface area (Å²) in [7, 11) is 0. The Kier molecular flexibility index (Phi) is 4.60. The number of rotatable bonds is 3. The van der Waals surface area contributed by atoms with Gasteiger partial charge in [-0.1, -0.05) is 0 Å². The number of likely N-dealkylation sites (tertiary alicyclic amines) is 1. The first-order valence-corrected chi connectivity index (χ1v) is 7.23. The molecule has 1 fully saturated rings. The Hall–Kier alpha value is -1.62. The highest BCUT2D eigenvalue weighted by Gasteiger charge is 2.28. The van der Waals surface area contributed by atoms with Gasteiger partial charge >= 0.3 is 0 Å². The van der Waals surface area contributed by atoms with Crippen molar-refractivity contribution >= 4 is 11.6 Å². The van der Waals surface area contributed by atoms with Crippen LogP contribution in [0.4, 0.5) is 5.69 Å². The zero-order valence-corrected chi connectivity index (χ0v) is 12.2. The standard InChI is InChI=1S/C15H23N3O2/c1-3-17-13-11-16-8-5-12(13)14(19)18-9-4-6-15(2,20)7-10-18/h5,8,11,17,20H,3-4,6-7,9-10H2,1-2H3. The highest BCUT2D eigenvalue weighted by Crippen LogP contribution is 2.24. The predicted octanol–water partition coefficient (Wildman–Crippen LogP) is 1.89. The van der Waals surface area contributed by atoms with Crippen LogP contribution in [0.25, 0.3) is 0 Å². The number of pyridine rings is 1. The van der Waals surface area contributed by atoms with E-state index in [-0.39, 0.29) is 5.91 Å². The van der Waals surface area contributed by atoms with Gasteiger partial charge in [0.1, 0.15) is 0 Å². The van der Waals surface area contributed by atoms with Crippen LogP contribution >= 0.6 is 0 Å². The van der Waals surface area contributed by atoms with Crippen molar-refractivity contribution in [2.24, 2.45) is 0 Å². The summed E-state index contributed by atoms with van der Waals surface area (Å²) in [5.74, 6) is 0.0149. The second-order valence-electron chi connectivity index (χ2n) is 5.59. The number of aliphatic hydroxyl groups is 1. The molecule has 2 rings (SSSR count). The SMILES string of the molecule is CCNc1cnccc1C(=O)N1CCCC(C)(O)CC1. The summed E-state index contributed by atoms with van der Waals surface area (Å²) in [4.78, 5) is 18.5. The van der Waals surface area contributed by atoms with Crippen LogP contribution in [-0.2, 0) is 0 Å². The van der Waals surface area contributed by atoms with E-state index in [1.165, 1.54) is 0 Å². The molecule has 20 heavy (non-hydrogen) atoms. The summed E-state index contributed by atoms with van der Waals surface area (Å²) >= 11 is 0. The van der Waals surface area contributed by atoms with Gasteiger partial charge in [-0.2, -0.15) is 0 Å². The maximum absolute atomic E-state index is 12.6. The van der Waals surface area contributed by atoms with E-state index in [1.807, 2.05) is 18.7 Å². The van der Waals surface area contributed by atoms with Crippen molar-refractivity contribution in [1.29, 1.82) is 0 Å². The number of nitrogens with zero attached hydrogens (tertiary/aromatic N) is 2. The van der Waals surface area contributed by atoms with E-state index in [0.717, 1.165) is 25.1 Å². The molecule has 5 heteroatoms. The zero-order valence-electron chi connectivity index (χ0n) is 12.2. The van der Waals surface area contributed by atoms with E-state index in [1.54, 1.807) is 18.5 Å². The Bertz CT molecular complexity index is 474. The lowest BCUT2D eigenvalue weighted by Gasteiger charge is -2.23. The molecule has 1 aromatic heterocycles. The smallest absolute Gasteiger partial charge is 0.256 e. The van der Waals surface area contributed by atoms with Gasteiger partial charge in [-0.05, 0) is 39.2 Å². The third-order valence-corrected chi connectivity index (χ3v) is 3.77. The maximum atomic E-state index is 12.6. The Balaban J connectivity index is 2.15. The first-order valence-electron chi connectivity index (χ1n) is 7.23. The number of anilines is 1. The zero-order chi connectivity index (χ0) is 14.6.